The zero-order valence-electron chi connectivity index (χ0n) is 19.6. The number of hydrogen-bond donors (Lipinski definition) is 9. The van der Waals surface area contributed by atoms with Crippen LogP contribution in [0.5, 0.6) is 0 Å². The number of carbonyl (C=O) groups is 1. The Kier molecular flexibility index (Phi) is 12.3. The van der Waals surface area contributed by atoms with E-state index < -0.39 is 55.1 Å². The standard InChI is InChI=1S/C15H28N4O6.C5H12N2O3/c16-6-9(21)5-13(22)18-8-3-11(17)15(19-23)12(4-8)25-14-2-1-10(7-20)24-14;6-2-1-10-5(7)4(9)3(2)8/h8-12,14-15,20-21H,1-7,16-17H2,(H,18,22);2-5,8-9H,1,6-7H2/t8?,9?,10?,11?,12?,14?,15-;2-,3?,4-,5+/m10/s1. The van der Waals surface area contributed by atoms with Crippen molar-refractivity contribution < 1.29 is 39.4 Å². The molecule has 204 valence electrons. The maximum absolute atomic E-state index is 11.9. The van der Waals surface area contributed by atoms with Gasteiger partial charge in [-0.25, -0.2) is 0 Å². The van der Waals surface area contributed by atoms with Gasteiger partial charge in [0.25, 0.3) is 0 Å². The van der Waals surface area contributed by atoms with Crippen LogP contribution in [0.25, 0.3) is 0 Å². The van der Waals surface area contributed by atoms with Crippen molar-refractivity contribution in [1.29, 1.82) is 0 Å². The van der Waals surface area contributed by atoms with Crippen molar-refractivity contribution in [2.75, 3.05) is 19.8 Å². The second-order valence-electron chi connectivity index (χ2n) is 9.15. The van der Waals surface area contributed by atoms with Crippen LogP contribution in [-0.2, 0) is 19.0 Å². The van der Waals surface area contributed by atoms with Gasteiger partial charge < -0.3 is 62.9 Å². The summed E-state index contributed by atoms with van der Waals surface area (Å²) in [7, 11) is 0. The van der Waals surface area contributed by atoms with Gasteiger partial charge in [-0.15, -0.1) is 0 Å². The molecule has 0 aromatic carbocycles. The van der Waals surface area contributed by atoms with Gasteiger partial charge in [-0.2, -0.15) is 4.91 Å². The van der Waals surface area contributed by atoms with E-state index in [1.165, 1.54) is 0 Å². The summed E-state index contributed by atoms with van der Waals surface area (Å²) in [5.41, 5.74) is 21.9. The molecule has 1 amide bonds. The Labute approximate surface area is 203 Å². The van der Waals surface area contributed by atoms with Crippen LogP contribution < -0.4 is 28.3 Å². The predicted octanol–water partition coefficient (Wildman–Crippen LogP) is -4.33. The lowest BCUT2D eigenvalue weighted by Gasteiger charge is -2.37. The minimum absolute atomic E-state index is 0.00547. The topological polar surface area (TPSA) is 271 Å². The molecular weight excluding hydrogens is 468 g/mol. The quantitative estimate of drug-likeness (QED) is 0.140. The number of carbonyl (C=O) groups excluding carboxylic acids is 1. The first-order valence-corrected chi connectivity index (χ1v) is 11.8. The highest BCUT2D eigenvalue weighted by Crippen LogP contribution is 2.29. The third-order valence-corrected chi connectivity index (χ3v) is 6.28. The number of nitroso groups, excluding NO2 is 1. The van der Waals surface area contributed by atoms with Gasteiger partial charge in [0.1, 0.15) is 24.5 Å². The van der Waals surface area contributed by atoms with E-state index in [0.717, 1.165) is 0 Å². The predicted molar refractivity (Wildman–Crippen MR) is 122 cm³/mol. The third kappa shape index (κ3) is 8.91. The first-order valence-electron chi connectivity index (χ1n) is 11.8. The summed E-state index contributed by atoms with van der Waals surface area (Å²) in [6.07, 6.45) is -3.13. The first-order chi connectivity index (χ1) is 16.6. The Morgan fingerprint density at radius 2 is 1.86 bits per heavy atom. The SMILES string of the molecule is NCC(O)CC(=O)NC1CC(N)[C@@H](N=O)C(OC2CCC(CO)O2)C1.N[C@@H]1OC[C@H](N)C(O)[C@@H]1O. The van der Waals surface area contributed by atoms with E-state index in [1.54, 1.807) is 0 Å². The van der Waals surface area contributed by atoms with Crippen LogP contribution in [-0.4, -0.2) is 113 Å². The van der Waals surface area contributed by atoms with Crippen molar-refractivity contribution in [3.63, 3.8) is 0 Å². The van der Waals surface area contributed by atoms with Gasteiger partial charge in [0.15, 0.2) is 6.29 Å². The summed E-state index contributed by atoms with van der Waals surface area (Å²) >= 11 is 0. The Balaban J connectivity index is 0.000000360. The van der Waals surface area contributed by atoms with Crippen LogP contribution in [0, 0.1) is 4.91 Å². The highest BCUT2D eigenvalue weighted by molar-refractivity contribution is 5.76. The maximum Gasteiger partial charge on any atom is 0.222 e. The van der Waals surface area contributed by atoms with Gasteiger partial charge in [-0.3, -0.25) is 4.79 Å². The molecule has 0 radical (unpaired) electrons. The molecule has 15 heteroatoms. The van der Waals surface area contributed by atoms with E-state index in [2.05, 4.69) is 10.5 Å². The summed E-state index contributed by atoms with van der Waals surface area (Å²) in [5.74, 6) is -0.330. The normalized spacial score (nSPS) is 40.3. The van der Waals surface area contributed by atoms with E-state index in [4.69, 9.17) is 52.5 Å². The lowest BCUT2D eigenvalue weighted by Crippen LogP contribution is -2.59. The average molecular weight is 509 g/mol. The highest BCUT2D eigenvalue weighted by Gasteiger charge is 2.41. The third-order valence-electron chi connectivity index (χ3n) is 6.28. The second kappa shape index (κ2) is 14.4. The number of aliphatic hydroxyl groups is 4. The van der Waals surface area contributed by atoms with Gasteiger partial charge in [0.2, 0.25) is 5.91 Å². The highest BCUT2D eigenvalue weighted by atomic mass is 16.7. The summed E-state index contributed by atoms with van der Waals surface area (Å²) in [4.78, 5) is 23.1. The molecule has 0 bridgehead atoms. The minimum atomic E-state index is -1.07. The molecule has 3 aliphatic rings. The number of ether oxygens (including phenoxy) is 3. The number of nitrogens with zero attached hydrogens (tertiary/aromatic N) is 1. The van der Waals surface area contributed by atoms with E-state index in [9.17, 15) is 14.8 Å². The number of aliphatic hydroxyl groups excluding tert-OH is 4. The molecule has 13 N–H and O–H groups in total. The molecule has 0 aromatic rings. The molecule has 2 saturated heterocycles. The Hall–Kier alpha value is -1.37. The first kappa shape index (κ1) is 29.9. The lowest BCUT2D eigenvalue weighted by molar-refractivity contribution is -0.179. The van der Waals surface area contributed by atoms with Crippen molar-refractivity contribution in [3.05, 3.63) is 4.91 Å². The molecule has 0 spiro atoms. The molecule has 3 fully saturated rings. The maximum atomic E-state index is 11.9. The lowest BCUT2D eigenvalue weighted by atomic mass is 9.85. The van der Waals surface area contributed by atoms with Crippen molar-refractivity contribution in [3.8, 4) is 0 Å². The van der Waals surface area contributed by atoms with Crippen LogP contribution in [0.2, 0.25) is 0 Å². The van der Waals surface area contributed by atoms with E-state index >= 15 is 0 Å². The minimum Gasteiger partial charge on any atom is -0.394 e. The van der Waals surface area contributed by atoms with Gasteiger partial charge in [0, 0.05) is 25.0 Å². The number of nitrogens with one attached hydrogen (secondary N) is 1. The molecule has 2 heterocycles. The Morgan fingerprint density at radius 1 is 1.14 bits per heavy atom. The molecule has 1 aliphatic carbocycles. The zero-order valence-corrected chi connectivity index (χ0v) is 19.6. The molecule has 11 atom stereocenters. The molecule has 0 aromatic heterocycles. The fourth-order valence-corrected chi connectivity index (χ4v) is 4.21. The van der Waals surface area contributed by atoms with Crippen molar-refractivity contribution in [2.45, 2.75) is 99.3 Å². The van der Waals surface area contributed by atoms with Gasteiger partial charge in [-0.1, -0.05) is 5.18 Å². The number of nitrogens with two attached hydrogens (primary N) is 4. The molecule has 1 saturated carbocycles. The van der Waals surface area contributed by atoms with Crippen LogP contribution in [0.4, 0.5) is 0 Å². The van der Waals surface area contributed by atoms with Crippen LogP contribution >= 0.6 is 0 Å². The van der Waals surface area contributed by atoms with Crippen LogP contribution in [0.15, 0.2) is 5.18 Å². The molecule has 35 heavy (non-hydrogen) atoms. The van der Waals surface area contributed by atoms with Gasteiger partial charge in [-0.05, 0) is 19.3 Å². The Morgan fingerprint density at radius 3 is 2.43 bits per heavy atom. The molecule has 7 unspecified atom stereocenters. The number of amides is 1. The fraction of sp³-hybridized carbons (Fsp3) is 0.950. The average Bonchev–Trinajstić information content (AvgIpc) is 3.28. The van der Waals surface area contributed by atoms with Gasteiger partial charge >= 0.3 is 0 Å². The Bertz CT molecular complexity index is 651. The monoisotopic (exact) mass is 508 g/mol. The fourth-order valence-electron chi connectivity index (χ4n) is 4.21. The zero-order chi connectivity index (χ0) is 26.1. The van der Waals surface area contributed by atoms with Crippen LogP contribution in [0.3, 0.4) is 0 Å². The van der Waals surface area contributed by atoms with Crippen molar-refractivity contribution in [2.24, 2.45) is 28.1 Å². The molecule has 15 nitrogen and oxygen atoms in total. The van der Waals surface area contributed by atoms with Crippen LogP contribution in [0.1, 0.15) is 32.1 Å². The molecule has 3 rings (SSSR count). The summed E-state index contributed by atoms with van der Waals surface area (Å²) in [6.45, 7) is 0.118. The number of hydrogen-bond acceptors (Lipinski definition) is 14. The van der Waals surface area contributed by atoms with E-state index in [0.29, 0.717) is 25.7 Å². The van der Waals surface area contributed by atoms with E-state index in [-0.39, 0.29) is 44.2 Å². The molecular formula is C20H40N6O9. The van der Waals surface area contributed by atoms with E-state index in [1.807, 2.05) is 0 Å². The largest absolute Gasteiger partial charge is 0.394 e. The van der Waals surface area contributed by atoms with Gasteiger partial charge in [0.05, 0.1) is 44.0 Å². The smallest absolute Gasteiger partial charge is 0.222 e. The molecule has 2 aliphatic heterocycles. The summed E-state index contributed by atoms with van der Waals surface area (Å²) in [5, 5.41) is 42.6. The summed E-state index contributed by atoms with van der Waals surface area (Å²) in [6, 6.07) is -2.09. The second-order valence-corrected chi connectivity index (χ2v) is 9.15. The number of rotatable bonds is 8. The summed E-state index contributed by atoms with van der Waals surface area (Å²) < 4.78 is 16.2. The van der Waals surface area contributed by atoms with Crippen molar-refractivity contribution >= 4 is 5.91 Å². The van der Waals surface area contributed by atoms with Crippen molar-refractivity contribution in [1.82, 2.24) is 5.32 Å².